The van der Waals surface area contributed by atoms with Crippen LogP contribution in [0.5, 0.6) is 0 Å². The molecule has 2 rings (SSSR count). The molecule has 6 heteroatoms. The molecule has 0 radical (unpaired) electrons. The van der Waals surface area contributed by atoms with E-state index < -0.39 is 18.4 Å². The van der Waals surface area contributed by atoms with Crippen LogP contribution in [0.4, 0.5) is 0 Å². The number of hydrogen-bond acceptors (Lipinski definition) is 6. The highest BCUT2D eigenvalue weighted by Crippen LogP contribution is 2.11. The summed E-state index contributed by atoms with van der Waals surface area (Å²) >= 11 is 0. The molecule has 0 spiro atoms. The molecule has 0 saturated carbocycles. The molecule has 1 aromatic carbocycles. The molecular weight excluding hydrogens is 300 g/mol. The largest absolute Gasteiger partial charge is 0.451 e. The number of carbonyl (C=O) groups excluding carboxylic acids is 4. The summed E-state index contributed by atoms with van der Waals surface area (Å²) < 4.78 is 9.87. The van der Waals surface area contributed by atoms with Crippen LogP contribution in [0.1, 0.15) is 55.7 Å². The summed E-state index contributed by atoms with van der Waals surface area (Å²) in [7, 11) is 0. The van der Waals surface area contributed by atoms with E-state index in [1.54, 1.807) is 0 Å². The summed E-state index contributed by atoms with van der Waals surface area (Å²) in [5, 5.41) is 0. The molecule has 0 aliphatic carbocycles. The molecule has 0 bridgehead atoms. The lowest BCUT2D eigenvalue weighted by Gasteiger charge is -2.03. The van der Waals surface area contributed by atoms with Crippen LogP contribution in [-0.4, -0.2) is 29.9 Å². The van der Waals surface area contributed by atoms with Gasteiger partial charge in [0.05, 0.1) is 0 Å². The normalized spacial score (nSPS) is 10.2. The van der Waals surface area contributed by atoms with Crippen molar-refractivity contribution in [3.8, 4) is 0 Å². The van der Waals surface area contributed by atoms with E-state index in [9.17, 15) is 19.2 Å². The average molecular weight is 314 g/mol. The first-order valence-electron chi connectivity index (χ1n) is 6.80. The van der Waals surface area contributed by atoms with Crippen molar-refractivity contribution in [2.45, 2.75) is 13.8 Å². The first-order chi connectivity index (χ1) is 10.9. The van der Waals surface area contributed by atoms with Gasteiger partial charge >= 0.3 is 5.97 Å². The van der Waals surface area contributed by atoms with Crippen molar-refractivity contribution in [3.05, 3.63) is 59.0 Å². The Bertz CT molecular complexity index is 767. The van der Waals surface area contributed by atoms with Gasteiger partial charge in [-0.2, -0.15) is 0 Å². The van der Waals surface area contributed by atoms with Crippen LogP contribution in [-0.2, 0) is 4.74 Å². The second kappa shape index (κ2) is 6.83. The maximum absolute atomic E-state index is 11.9. The lowest BCUT2D eigenvalue weighted by molar-refractivity contribution is 0.0442. The molecule has 6 nitrogen and oxygen atoms in total. The fourth-order valence-electron chi connectivity index (χ4n) is 1.81. The quantitative estimate of drug-likeness (QED) is 0.601. The van der Waals surface area contributed by atoms with Crippen molar-refractivity contribution < 1.29 is 28.3 Å². The zero-order valence-electron chi connectivity index (χ0n) is 12.6. The average Bonchev–Trinajstić information content (AvgIpc) is 3.02. The van der Waals surface area contributed by atoms with Crippen molar-refractivity contribution in [2.75, 3.05) is 6.61 Å². The van der Waals surface area contributed by atoms with Gasteiger partial charge in [0.25, 0.3) is 0 Å². The van der Waals surface area contributed by atoms with Gasteiger partial charge in [0, 0.05) is 18.1 Å². The molecule has 118 valence electrons. The molecule has 0 saturated heterocycles. The molecule has 0 aliphatic rings. The predicted molar refractivity (Wildman–Crippen MR) is 79.8 cm³/mol. The predicted octanol–water partition coefficient (Wildman–Crippen LogP) is 2.72. The van der Waals surface area contributed by atoms with Crippen LogP contribution in [0.3, 0.4) is 0 Å². The van der Waals surface area contributed by atoms with Crippen molar-refractivity contribution in [3.63, 3.8) is 0 Å². The number of ether oxygens (including phenoxy) is 1. The van der Waals surface area contributed by atoms with Gasteiger partial charge in [-0.25, -0.2) is 4.79 Å². The van der Waals surface area contributed by atoms with Crippen molar-refractivity contribution in [2.24, 2.45) is 0 Å². The van der Waals surface area contributed by atoms with E-state index in [1.165, 1.54) is 50.2 Å². The number of rotatable bonds is 6. The van der Waals surface area contributed by atoms with E-state index in [4.69, 9.17) is 9.15 Å². The Morgan fingerprint density at radius 2 is 1.39 bits per heavy atom. The van der Waals surface area contributed by atoms with Gasteiger partial charge in [-0.15, -0.1) is 0 Å². The molecule has 1 aromatic heterocycles. The standard InChI is InChI=1S/C17H14O6/c1-10(18)12-3-5-13(6-4-12)14(20)9-22-17(21)16-8-7-15(23-16)11(2)19/h3-8H,9H2,1-2H3. The lowest BCUT2D eigenvalue weighted by atomic mass is 10.1. The minimum atomic E-state index is -0.828. The molecule has 0 amide bonds. The summed E-state index contributed by atoms with van der Waals surface area (Å²) in [4.78, 5) is 45.9. The monoisotopic (exact) mass is 314 g/mol. The number of benzene rings is 1. The van der Waals surface area contributed by atoms with Gasteiger partial charge < -0.3 is 9.15 Å². The van der Waals surface area contributed by atoms with Crippen LogP contribution in [0.25, 0.3) is 0 Å². The molecule has 23 heavy (non-hydrogen) atoms. The van der Waals surface area contributed by atoms with E-state index in [1.807, 2.05) is 0 Å². The summed E-state index contributed by atoms with van der Waals surface area (Å²) in [5.74, 6) is -1.75. The number of carbonyl (C=O) groups is 4. The van der Waals surface area contributed by atoms with E-state index in [2.05, 4.69) is 0 Å². The number of furan rings is 1. The van der Waals surface area contributed by atoms with Gasteiger partial charge in [-0.1, -0.05) is 24.3 Å². The third-order valence-electron chi connectivity index (χ3n) is 3.10. The van der Waals surface area contributed by atoms with Gasteiger partial charge in [0.1, 0.15) is 0 Å². The molecule has 1 heterocycles. The Morgan fingerprint density at radius 1 is 0.826 bits per heavy atom. The smallest absolute Gasteiger partial charge is 0.374 e. The highest BCUT2D eigenvalue weighted by atomic mass is 16.5. The highest BCUT2D eigenvalue weighted by Gasteiger charge is 2.16. The molecule has 0 N–H and O–H groups in total. The minimum Gasteiger partial charge on any atom is -0.451 e. The molecule has 2 aromatic rings. The van der Waals surface area contributed by atoms with Gasteiger partial charge in [-0.3, -0.25) is 14.4 Å². The van der Waals surface area contributed by atoms with Crippen LogP contribution in [0.2, 0.25) is 0 Å². The molecule has 0 aliphatic heterocycles. The van der Waals surface area contributed by atoms with Gasteiger partial charge in [0.15, 0.2) is 29.7 Å². The first-order valence-corrected chi connectivity index (χ1v) is 6.80. The van der Waals surface area contributed by atoms with E-state index in [0.717, 1.165) is 0 Å². The fourth-order valence-corrected chi connectivity index (χ4v) is 1.81. The Balaban J connectivity index is 1.96. The molecule has 0 atom stereocenters. The Morgan fingerprint density at radius 3 is 1.91 bits per heavy atom. The number of Topliss-reactive ketones (excluding diaryl/α,β-unsaturated/α-hetero) is 3. The van der Waals surface area contributed by atoms with E-state index in [0.29, 0.717) is 11.1 Å². The summed E-state index contributed by atoms with van der Waals surface area (Å²) in [6.45, 7) is 2.27. The van der Waals surface area contributed by atoms with E-state index in [-0.39, 0.29) is 23.1 Å². The van der Waals surface area contributed by atoms with Crippen molar-refractivity contribution >= 4 is 23.3 Å². The number of esters is 1. The van der Waals surface area contributed by atoms with Crippen LogP contribution < -0.4 is 0 Å². The van der Waals surface area contributed by atoms with Crippen LogP contribution in [0.15, 0.2) is 40.8 Å². The highest BCUT2D eigenvalue weighted by molar-refractivity contribution is 6.00. The molecule has 0 fully saturated rings. The summed E-state index contributed by atoms with van der Waals surface area (Å²) in [5.41, 5.74) is 0.817. The SMILES string of the molecule is CC(=O)c1ccc(C(=O)COC(=O)c2ccc(C(C)=O)o2)cc1. The number of hydrogen-bond donors (Lipinski definition) is 0. The lowest BCUT2D eigenvalue weighted by Crippen LogP contribution is -2.14. The zero-order valence-corrected chi connectivity index (χ0v) is 12.6. The maximum Gasteiger partial charge on any atom is 0.374 e. The van der Waals surface area contributed by atoms with Crippen LogP contribution in [0, 0.1) is 0 Å². The van der Waals surface area contributed by atoms with Crippen molar-refractivity contribution in [1.82, 2.24) is 0 Å². The van der Waals surface area contributed by atoms with E-state index >= 15 is 0 Å². The van der Waals surface area contributed by atoms with Crippen LogP contribution >= 0.6 is 0 Å². The van der Waals surface area contributed by atoms with Gasteiger partial charge in [0.2, 0.25) is 5.76 Å². The second-order valence-electron chi connectivity index (χ2n) is 4.85. The van der Waals surface area contributed by atoms with Crippen molar-refractivity contribution in [1.29, 1.82) is 0 Å². The second-order valence-corrected chi connectivity index (χ2v) is 4.85. The Kier molecular flexibility index (Phi) is 4.85. The topological polar surface area (TPSA) is 90.7 Å². The first kappa shape index (κ1) is 16.4. The summed E-state index contributed by atoms with van der Waals surface area (Å²) in [6, 6.07) is 8.72. The number of ketones is 3. The molecule has 0 unspecified atom stereocenters. The maximum atomic E-state index is 11.9. The summed E-state index contributed by atoms with van der Waals surface area (Å²) in [6.07, 6.45) is 0. The fraction of sp³-hybridized carbons (Fsp3) is 0.176. The molecular formula is C17H14O6. The zero-order chi connectivity index (χ0) is 17.0. The third kappa shape index (κ3) is 4.00. The Hall–Kier alpha value is -3.02. The van der Waals surface area contributed by atoms with Gasteiger partial charge in [-0.05, 0) is 19.1 Å². The minimum absolute atomic E-state index is 0.0445. The Labute approximate surface area is 132 Å². The third-order valence-corrected chi connectivity index (χ3v) is 3.10.